The Morgan fingerprint density at radius 2 is 0.825 bits per heavy atom. The summed E-state index contributed by atoms with van der Waals surface area (Å²) in [4.78, 5) is 23.6. The van der Waals surface area contributed by atoms with Gasteiger partial charge >= 0.3 is 0 Å². The van der Waals surface area contributed by atoms with Gasteiger partial charge in [0.05, 0.1) is 11.9 Å². The second kappa shape index (κ2) is 24.9. The van der Waals surface area contributed by atoms with E-state index in [0.29, 0.717) is 12.0 Å². The maximum Gasteiger partial charge on any atom is 0.0724 e. The van der Waals surface area contributed by atoms with Crippen LogP contribution < -0.4 is 10.2 Å². The summed E-state index contributed by atoms with van der Waals surface area (Å²) in [6.45, 7) is 4.51. The van der Waals surface area contributed by atoms with E-state index in [2.05, 4.69) is 13.8 Å². The zero-order chi connectivity index (χ0) is 29.3. The fourth-order valence-corrected chi connectivity index (χ4v) is 5.91. The number of carboxylic acids is 2. The zero-order valence-electron chi connectivity index (χ0n) is 26.2. The van der Waals surface area contributed by atoms with E-state index in [0.717, 1.165) is 44.1 Å². The number of carbonyl (C=O) groups excluding carboxylic acids is 2. The van der Waals surface area contributed by atoms with Crippen molar-refractivity contribution in [3.05, 3.63) is 34.4 Å². The molecule has 0 aromatic heterocycles. The minimum Gasteiger partial charge on any atom is -0.545 e. The molecule has 0 saturated carbocycles. The molecular weight excluding hydrogens is 496 g/mol. The molecule has 1 rings (SSSR count). The lowest BCUT2D eigenvalue weighted by Crippen LogP contribution is -2.31. The molecule has 1 aromatic carbocycles. The van der Waals surface area contributed by atoms with E-state index in [1.54, 1.807) is 0 Å². The second-order valence-corrected chi connectivity index (χ2v) is 12.0. The summed E-state index contributed by atoms with van der Waals surface area (Å²) < 4.78 is 0. The molecular formula is C36H60O4-2. The van der Waals surface area contributed by atoms with Crippen molar-refractivity contribution >= 4 is 11.9 Å². The average Bonchev–Trinajstić information content (AvgIpc) is 2.94. The second-order valence-electron chi connectivity index (χ2n) is 12.0. The van der Waals surface area contributed by atoms with Crippen LogP contribution in [-0.4, -0.2) is 11.9 Å². The van der Waals surface area contributed by atoms with Crippen molar-refractivity contribution in [3.8, 4) is 0 Å². The van der Waals surface area contributed by atoms with Gasteiger partial charge in [-0.2, -0.15) is 0 Å². The van der Waals surface area contributed by atoms with Crippen molar-refractivity contribution in [3.63, 3.8) is 0 Å². The molecule has 0 aliphatic carbocycles. The minimum atomic E-state index is -1.44. The predicted octanol–water partition coefficient (Wildman–Crippen LogP) is 8.90. The highest BCUT2D eigenvalue weighted by atomic mass is 16.4. The van der Waals surface area contributed by atoms with Gasteiger partial charge in [-0.25, -0.2) is 0 Å². The molecule has 0 N–H and O–H groups in total. The Balaban J connectivity index is 2.42. The Bertz CT molecular complexity index is 785. The number of rotatable bonds is 28. The van der Waals surface area contributed by atoms with Crippen LogP contribution in [0.1, 0.15) is 200 Å². The first-order chi connectivity index (χ1) is 19.5. The van der Waals surface area contributed by atoms with Gasteiger partial charge in [0, 0.05) is 11.1 Å². The van der Waals surface area contributed by atoms with Crippen LogP contribution in [0.3, 0.4) is 0 Å². The van der Waals surface area contributed by atoms with Crippen LogP contribution in [0.2, 0.25) is 0 Å². The van der Waals surface area contributed by atoms with E-state index in [-0.39, 0.29) is 11.1 Å². The zero-order valence-corrected chi connectivity index (χ0v) is 26.2. The molecule has 0 bridgehead atoms. The lowest BCUT2D eigenvalue weighted by atomic mass is 9.89. The summed E-state index contributed by atoms with van der Waals surface area (Å²) in [6.07, 6.45) is 31.6. The fraction of sp³-hybridized carbons (Fsp3) is 0.778. The first kappa shape index (κ1) is 36.2. The fourth-order valence-electron chi connectivity index (χ4n) is 5.91. The molecule has 0 heterocycles. The first-order valence-electron chi connectivity index (χ1n) is 17.1. The normalized spacial score (nSPS) is 11.2. The van der Waals surface area contributed by atoms with Crippen LogP contribution in [-0.2, 0) is 12.8 Å². The molecule has 4 heteroatoms. The number of unbranched alkanes of at least 4 members (excludes halogenated alkanes) is 22. The number of aromatic carboxylic acids is 2. The molecule has 230 valence electrons. The van der Waals surface area contributed by atoms with Crippen molar-refractivity contribution in [2.45, 2.75) is 181 Å². The largest absolute Gasteiger partial charge is 0.545 e. The minimum absolute atomic E-state index is 0.153. The standard InChI is InChI=1S/C36H62O4/c1-3-5-7-9-11-13-15-17-19-21-23-25-27-31-29-30-33(35(37)38)34(36(39)40)32(31)28-26-24-22-20-18-16-14-12-10-8-6-4-2/h29-30H,3-28H2,1-2H3,(H,37,38)(H,39,40)/p-2. The molecule has 0 spiro atoms. The SMILES string of the molecule is CCCCCCCCCCCCCCc1ccc(C(=O)[O-])c(C(=O)[O-])c1CCCCCCCCCCCCCC. The van der Waals surface area contributed by atoms with Crippen molar-refractivity contribution in [2.24, 2.45) is 0 Å². The van der Waals surface area contributed by atoms with Crippen molar-refractivity contribution < 1.29 is 19.8 Å². The van der Waals surface area contributed by atoms with Gasteiger partial charge in [0.2, 0.25) is 0 Å². The molecule has 0 amide bonds. The molecule has 1 aromatic rings. The number of carbonyl (C=O) groups is 2. The lowest BCUT2D eigenvalue weighted by Gasteiger charge is -2.20. The molecule has 4 nitrogen and oxygen atoms in total. The third-order valence-electron chi connectivity index (χ3n) is 8.41. The smallest absolute Gasteiger partial charge is 0.0724 e. The van der Waals surface area contributed by atoms with Crippen molar-refractivity contribution in [2.75, 3.05) is 0 Å². The molecule has 0 aliphatic rings. The Labute approximate surface area is 246 Å². The Morgan fingerprint density at radius 1 is 0.475 bits per heavy atom. The van der Waals surface area contributed by atoms with Gasteiger partial charge in [0.1, 0.15) is 0 Å². The molecule has 0 saturated heterocycles. The van der Waals surface area contributed by atoms with Gasteiger partial charge < -0.3 is 19.8 Å². The maximum atomic E-state index is 12.0. The Hall–Kier alpha value is -1.84. The monoisotopic (exact) mass is 556 g/mol. The number of carboxylic acid groups (broad SMARTS) is 2. The average molecular weight is 557 g/mol. The van der Waals surface area contributed by atoms with Crippen LogP contribution >= 0.6 is 0 Å². The van der Waals surface area contributed by atoms with E-state index in [1.807, 2.05) is 6.07 Å². The molecule has 0 fully saturated rings. The highest BCUT2D eigenvalue weighted by Crippen LogP contribution is 2.24. The Kier molecular flexibility index (Phi) is 22.5. The molecule has 0 aliphatic heterocycles. The third-order valence-corrected chi connectivity index (χ3v) is 8.41. The van der Waals surface area contributed by atoms with Gasteiger partial charge in [-0.15, -0.1) is 0 Å². The van der Waals surface area contributed by atoms with Crippen molar-refractivity contribution in [1.29, 1.82) is 0 Å². The summed E-state index contributed by atoms with van der Waals surface area (Å²) in [6, 6.07) is 3.22. The van der Waals surface area contributed by atoms with Crippen molar-refractivity contribution in [1.82, 2.24) is 0 Å². The highest BCUT2D eigenvalue weighted by molar-refractivity contribution is 6.01. The number of aryl methyl sites for hydroxylation is 1. The first-order valence-corrected chi connectivity index (χ1v) is 17.1. The third kappa shape index (κ3) is 17.1. The quantitative estimate of drug-likeness (QED) is 0.0965. The van der Waals surface area contributed by atoms with Gasteiger partial charge in [0.15, 0.2) is 0 Å². The van der Waals surface area contributed by atoms with Crippen LogP contribution in [0.4, 0.5) is 0 Å². The van der Waals surface area contributed by atoms with Gasteiger partial charge in [0.25, 0.3) is 0 Å². The van der Waals surface area contributed by atoms with E-state index in [1.165, 1.54) is 128 Å². The van der Waals surface area contributed by atoms with E-state index < -0.39 is 11.9 Å². The highest BCUT2D eigenvalue weighted by Gasteiger charge is 2.15. The molecule has 0 atom stereocenters. The lowest BCUT2D eigenvalue weighted by molar-refractivity contribution is -0.259. The van der Waals surface area contributed by atoms with Crippen LogP contribution in [0.25, 0.3) is 0 Å². The van der Waals surface area contributed by atoms with Gasteiger partial charge in [-0.1, -0.05) is 167 Å². The van der Waals surface area contributed by atoms with E-state index in [9.17, 15) is 19.8 Å². The van der Waals surface area contributed by atoms with Crippen LogP contribution in [0.15, 0.2) is 12.1 Å². The van der Waals surface area contributed by atoms with E-state index in [4.69, 9.17) is 0 Å². The molecule has 0 radical (unpaired) electrons. The summed E-state index contributed by atoms with van der Waals surface area (Å²) in [5, 5.41) is 23.6. The van der Waals surface area contributed by atoms with Crippen LogP contribution in [0, 0.1) is 0 Å². The summed E-state index contributed by atoms with van der Waals surface area (Å²) in [7, 11) is 0. The topological polar surface area (TPSA) is 80.3 Å². The summed E-state index contributed by atoms with van der Waals surface area (Å²) >= 11 is 0. The predicted molar refractivity (Wildman–Crippen MR) is 165 cm³/mol. The molecule has 0 unspecified atom stereocenters. The maximum absolute atomic E-state index is 12.0. The summed E-state index contributed by atoms with van der Waals surface area (Å²) in [5.41, 5.74) is 1.24. The Morgan fingerprint density at radius 3 is 1.18 bits per heavy atom. The van der Waals surface area contributed by atoms with E-state index >= 15 is 0 Å². The van der Waals surface area contributed by atoms with Crippen LogP contribution in [0.5, 0.6) is 0 Å². The van der Waals surface area contributed by atoms with Gasteiger partial charge in [-0.05, 0) is 36.8 Å². The van der Waals surface area contributed by atoms with Gasteiger partial charge in [-0.3, -0.25) is 0 Å². The molecule has 40 heavy (non-hydrogen) atoms. The number of benzene rings is 1. The summed E-state index contributed by atoms with van der Waals surface area (Å²) in [5.74, 6) is -2.84. The number of hydrogen-bond acceptors (Lipinski definition) is 4. The number of hydrogen-bond donors (Lipinski definition) is 0.